The second-order valence-electron chi connectivity index (χ2n) is 13.4. The number of hydrogen-bond acceptors (Lipinski definition) is 9. The number of nitrogens with one attached hydrogen (secondary N) is 3. The molecule has 43 heavy (non-hydrogen) atoms. The summed E-state index contributed by atoms with van der Waals surface area (Å²) in [5.74, 6) is -3.03. The first-order chi connectivity index (χ1) is 20.0. The fraction of sp³-hybridized carbons (Fsp3) is 0.759. The van der Waals surface area contributed by atoms with E-state index in [4.69, 9.17) is 9.47 Å². The van der Waals surface area contributed by atoms with Crippen LogP contribution in [0.5, 0.6) is 0 Å². The molecule has 4 rings (SSSR count). The van der Waals surface area contributed by atoms with Crippen molar-refractivity contribution in [3.05, 3.63) is 12.2 Å². The van der Waals surface area contributed by atoms with Crippen molar-refractivity contribution >= 4 is 39.8 Å². The van der Waals surface area contributed by atoms with Gasteiger partial charge in [0.2, 0.25) is 21.8 Å². The molecule has 0 aromatic carbocycles. The van der Waals surface area contributed by atoms with Crippen molar-refractivity contribution < 1.29 is 41.9 Å². The van der Waals surface area contributed by atoms with Gasteiger partial charge in [-0.2, -0.15) is 0 Å². The summed E-state index contributed by atoms with van der Waals surface area (Å²) in [6, 6.07) is -2.13. The first-order valence-corrected chi connectivity index (χ1v) is 16.5. The maximum absolute atomic E-state index is 13.9. The molecule has 0 bridgehead atoms. The summed E-state index contributed by atoms with van der Waals surface area (Å²) in [7, 11) is -3.96. The van der Waals surface area contributed by atoms with E-state index in [1.807, 2.05) is 12.2 Å². The van der Waals surface area contributed by atoms with Crippen molar-refractivity contribution in [3.63, 3.8) is 0 Å². The fourth-order valence-electron chi connectivity index (χ4n) is 5.63. The van der Waals surface area contributed by atoms with Crippen molar-refractivity contribution in [2.75, 3.05) is 6.54 Å². The van der Waals surface area contributed by atoms with E-state index in [-0.39, 0.29) is 19.4 Å². The number of nitrogens with zero attached hydrogens (tertiary/aromatic N) is 1. The number of hydrogen-bond donors (Lipinski definition) is 3. The summed E-state index contributed by atoms with van der Waals surface area (Å²) in [4.78, 5) is 66.9. The van der Waals surface area contributed by atoms with Crippen LogP contribution in [0.25, 0.3) is 0 Å². The van der Waals surface area contributed by atoms with Gasteiger partial charge in [0.05, 0.1) is 11.3 Å². The van der Waals surface area contributed by atoms with E-state index in [2.05, 4.69) is 15.4 Å². The lowest BCUT2D eigenvalue weighted by atomic mass is 10.0. The zero-order valence-electron chi connectivity index (χ0n) is 25.6. The van der Waals surface area contributed by atoms with Crippen molar-refractivity contribution in [3.8, 4) is 0 Å². The lowest BCUT2D eigenvalue weighted by Crippen LogP contribution is -2.58. The largest absolute Gasteiger partial charge is 0.461 e. The molecule has 4 aliphatic rings. The van der Waals surface area contributed by atoms with Crippen LogP contribution >= 0.6 is 0 Å². The molecule has 0 aromatic rings. The topological polar surface area (TPSA) is 177 Å². The van der Waals surface area contributed by atoms with Gasteiger partial charge in [0.1, 0.15) is 29.3 Å². The lowest BCUT2D eigenvalue weighted by Gasteiger charge is -2.30. The lowest BCUT2D eigenvalue weighted by molar-refractivity contribution is -0.146. The molecule has 4 amide bonds. The number of sulfonamides is 1. The Labute approximate surface area is 252 Å². The molecule has 14 heteroatoms. The Kier molecular flexibility index (Phi) is 9.20. The molecule has 240 valence electrons. The van der Waals surface area contributed by atoms with Gasteiger partial charge >= 0.3 is 12.1 Å². The van der Waals surface area contributed by atoms with Crippen molar-refractivity contribution in [1.82, 2.24) is 20.3 Å². The summed E-state index contributed by atoms with van der Waals surface area (Å²) in [6.07, 6.45) is 6.40. The van der Waals surface area contributed by atoms with Crippen molar-refractivity contribution in [2.45, 2.75) is 126 Å². The number of allylic oxidation sites excluding steroid dienone is 1. The number of amides is 4. The highest BCUT2D eigenvalue weighted by molar-refractivity contribution is 7.91. The van der Waals surface area contributed by atoms with Crippen LogP contribution in [0.15, 0.2) is 12.2 Å². The van der Waals surface area contributed by atoms with E-state index < -0.39 is 79.8 Å². The maximum atomic E-state index is 13.9. The number of esters is 1. The Morgan fingerprint density at radius 2 is 1.81 bits per heavy atom. The van der Waals surface area contributed by atoms with E-state index >= 15 is 0 Å². The third-order valence-electron chi connectivity index (χ3n) is 8.50. The minimum absolute atomic E-state index is 0.0229. The van der Waals surface area contributed by atoms with E-state index in [1.165, 1.54) is 11.8 Å². The van der Waals surface area contributed by atoms with Crippen LogP contribution in [0.3, 0.4) is 0 Å². The summed E-state index contributed by atoms with van der Waals surface area (Å²) >= 11 is 0. The van der Waals surface area contributed by atoms with Crippen LogP contribution in [-0.4, -0.2) is 83.7 Å². The summed E-state index contributed by atoms with van der Waals surface area (Å²) < 4.78 is 37.7. The van der Waals surface area contributed by atoms with Gasteiger partial charge in [-0.05, 0) is 66.2 Å². The molecule has 0 radical (unpaired) electrons. The average molecular weight is 625 g/mol. The van der Waals surface area contributed by atoms with Crippen LogP contribution in [0.1, 0.15) is 92.4 Å². The molecule has 0 spiro atoms. The van der Waals surface area contributed by atoms with E-state index in [9.17, 15) is 32.4 Å². The zero-order chi connectivity index (χ0) is 31.8. The molecule has 1 saturated heterocycles. The normalized spacial score (nSPS) is 30.9. The van der Waals surface area contributed by atoms with Gasteiger partial charge in [0.25, 0.3) is 5.91 Å². The molecule has 5 atom stereocenters. The first-order valence-electron chi connectivity index (χ1n) is 15.0. The van der Waals surface area contributed by atoms with Crippen LogP contribution < -0.4 is 15.4 Å². The highest BCUT2D eigenvalue weighted by atomic mass is 32.2. The maximum Gasteiger partial charge on any atom is 0.408 e. The van der Waals surface area contributed by atoms with Gasteiger partial charge in [-0.3, -0.25) is 23.9 Å². The molecule has 3 fully saturated rings. The highest BCUT2D eigenvalue weighted by Gasteiger charge is 2.63. The van der Waals surface area contributed by atoms with Gasteiger partial charge in [0, 0.05) is 19.3 Å². The van der Waals surface area contributed by atoms with Crippen molar-refractivity contribution in [2.24, 2.45) is 5.92 Å². The number of rotatable bonds is 5. The molecule has 2 heterocycles. The smallest absolute Gasteiger partial charge is 0.408 e. The van der Waals surface area contributed by atoms with E-state index in [0.29, 0.717) is 32.1 Å². The third kappa shape index (κ3) is 7.68. The Morgan fingerprint density at radius 3 is 2.44 bits per heavy atom. The summed E-state index contributed by atoms with van der Waals surface area (Å²) in [5.41, 5.74) is -2.30. The Morgan fingerprint density at radius 1 is 1.12 bits per heavy atom. The van der Waals surface area contributed by atoms with E-state index in [0.717, 1.165) is 12.8 Å². The zero-order valence-corrected chi connectivity index (χ0v) is 26.4. The van der Waals surface area contributed by atoms with Gasteiger partial charge in [-0.25, -0.2) is 13.2 Å². The molecule has 2 saturated carbocycles. The molecule has 3 N–H and O–H groups in total. The van der Waals surface area contributed by atoms with Gasteiger partial charge in [-0.15, -0.1) is 0 Å². The minimum atomic E-state index is -3.96. The minimum Gasteiger partial charge on any atom is -0.461 e. The number of carbonyl (C=O) groups is 5. The summed E-state index contributed by atoms with van der Waals surface area (Å²) in [6.45, 7) is 7.83. The predicted molar refractivity (Wildman–Crippen MR) is 155 cm³/mol. The predicted octanol–water partition coefficient (Wildman–Crippen LogP) is 1.81. The number of carbonyl (C=O) groups excluding carboxylic acids is 5. The van der Waals surface area contributed by atoms with Gasteiger partial charge in [0.15, 0.2) is 0 Å². The molecule has 2 aliphatic carbocycles. The first kappa shape index (κ1) is 32.7. The van der Waals surface area contributed by atoms with Crippen molar-refractivity contribution in [1.29, 1.82) is 0 Å². The molecule has 0 unspecified atom stereocenters. The number of alkyl carbamates (subject to hydrolysis) is 1. The fourth-order valence-corrected chi connectivity index (χ4v) is 6.94. The molecule has 13 nitrogen and oxygen atoms in total. The molecular weight excluding hydrogens is 580 g/mol. The third-order valence-corrected chi connectivity index (χ3v) is 10.7. The monoisotopic (exact) mass is 624 g/mol. The second kappa shape index (κ2) is 12.1. The van der Waals surface area contributed by atoms with Crippen LogP contribution in [0.4, 0.5) is 4.79 Å². The Balaban J connectivity index is 1.62. The van der Waals surface area contributed by atoms with Crippen LogP contribution in [0.2, 0.25) is 0 Å². The van der Waals surface area contributed by atoms with Crippen LogP contribution in [0, 0.1) is 5.92 Å². The number of fused-ring (bicyclic) bond motifs is 2. The van der Waals surface area contributed by atoms with Gasteiger partial charge in [-0.1, -0.05) is 25.0 Å². The molecular formula is C29H44N4O9S. The number of ether oxygens (including phenoxy) is 2. The highest BCUT2D eigenvalue weighted by Crippen LogP contribution is 2.47. The average Bonchev–Trinajstić information content (AvgIpc) is 3.75. The molecule has 2 aliphatic heterocycles. The quantitative estimate of drug-likeness (QED) is 0.304. The second-order valence-corrected chi connectivity index (χ2v) is 15.6. The SMILES string of the molecule is CC(=O)O[C@@H]1C[C@H]2C(=O)N[C@]3(C(=O)NS(=O)(=O)C4(C)CC4)C[C@H]3C=CCCCCC[C@H](NC(=O)OC(C)(C)C)C(=O)N2C1. The summed E-state index contributed by atoms with van der Waals surface area (Å²) in [5, 5.41) is 5.42. The molecule has 0 aromatic heterocycles. The van der Waals surface area contributed by atoms with E-state index in [1.54, 1.807) is 27.7 Å². The Hall–Kier alpha value is -3.16. The standard InChI is InChI=1S/C29H44N4O9S/c1-18(34)41-20-15-22-23(35)31-29(25(37)32-43(39,40)28(5)13-14-28)16-19(29)11-9-7-6-8-10-12-21(24(36)33(22)17-20)30-26(38)42-27(2,3)4/h9,11,19-22H,6-8,10,12-17H2,1-5H3,(H,30,38)(H,31,35)(H,32,37)/t19-,20-,21+,22+,29-/m1/s1. The van der Waals surface area contributed by atoms with Crippen LogP contribution in [-0.2, 0) is 38.7 Å². The Bertz CT molecular complexity index is 1290. The van der Waals surface area contributed by atoms with Gasteiger partial charge < -0.3 is 25.0 Å².